The van der Waals surface area contributed by atoms with Crippen LogP contribution in [0.4, 0.5) is 4.39 Å². The molecular formula is C13H15FN2O2. The molecule has 1 saturated heterocycles. The van der Waals surface area contributed by atoms with Crippen molar-refractivity contribution in [1.29, 1.82) is 0 Å². The average Bonchev–Trinajstić information content (AvgIpc) is 2.53. The van der Waals surface area contributed by atoms with E-state index in [2.05, 4.69) is 5.32 Å². The third-order valence-electron chi connectivity index (χ3n) is 2.97. The van der Waals surface area contributed by atoms with Crippen molar-refractivity contribution in [3.05, 3.63) is 35.1 Å². The van der Waals surface area contributed by atoms with Gasteiger partial charge in [0.2, 0.25) is 5.91 Å². The van der Waals surface area contributed by atoms with Gasteiger partial charge in [0, 0.05) is 18.7 Å². The zero-order valence-electron chi connectivity index (χ0n) is 10.2. The minimum absolute atomic E-state index is 0.0651. The van der Waals surface area contributed by atoms with Gasteiger partial charge in [0.25, 0.3) is 5.91 Å². The first kappa shape index (κ1) is 12.5. The Labute approximate surface area is 105 Å². The van der Waals surface area contributed by atoms with E-state index in [0.29, 0.717) is 24.2 Å². The molecule has 1 aromatic carbocycles. The summed E-state index contributed by atoms with van der Waals surface area (Å²) in [6.45, 7) is 2.88. The van der Waals surface area contributed by atoms with Crippen LogP contribution in [0.2, 0.25) is 0 Å². The van der Waals surface area contributed by atoms with Crippen LogP contribution in [0.25, 0.3) is 0 Å². The molecule has 0 unspecified atom stereocenters. The lowest BCUT2D eigenvalue weighted by atomic mass is 10.1. The number of aryl methyl sites for hydroxylation is 1. The monoisotopic (exact) mass is 250 g/mol. The molecular weight excluding hydrogens is 235 g/mol. The molecule has 1 N–H and O–H groups in total. The molecule has 2 rings (SSSR count). The number of hydrogen-bond acceptors (Lipinski definition) is 2. The summed E-state index contributed by atoms with van der Waals surface area (Å²) in [6, 6.07) is 4.05. The maximum absolute atomic E-state index is 13.0. The Morgan fingerprint density at radius 3 is 2.94 bits per heavy atom. The summed E-state index contributed by atoms with van der Waals surface area (Å²) in [4.78, 5) is 25.2. The summed E-state index contributed by atoms with van der Waals surface area (Å²) < 4.78 is 13.0. The number of nitrogens with one attached hydrogen (secondary N) is 1. The predicted molar refractivity (Wildman–Crippen MR) is 64.7 cm³/mol. The molecule has 1 aromatic rings. The van der Waals surface area contributed by atoms with Crippen molar-refractivity contribution in [3.63, 3.8) is 0 Å². The Morgan fingerprint density at radius 1 is 1.44 bits per heavy atom. The van der Waals surface area contributed by atoms with E-state index < -0.39 is 0 Å². The predicted octanol–water partition coefficient (Wildman–Crippen LogP) is 1.10. The minimum Gasteiger partial charge on any atom is -0.354 e. The summed E-state index contributed by atoms with van der Waals surface area (Å²) in [7, 11) is 0. The number of rotatable bonds is 1. The van der Waals surface area contributed by atoms with Crippen LogP contribution in [0.1, 0.15) is 22.3 Å². The van der Waals surface area contributed by atoms with Gasteiger partial charge in [0.05, 0.1) is 6.54 Å². The Hall–Kier alpha value is -1.91. The van der Waals surface area contributed by atoms with Gasteiger partial charge in [-0.3, -0.25) is 9.59 Å². The van der Waals surface area contributed by atoms with E-state index in [1.807, 2.05) is 0 Å². The van der Waals surface area contributed by atoms with E-state index in [-0.39, 0.29) is 24.2 Å². The van der Waals surface area contributed by atoms with Crippen molar-refractivity contribution in [3.8, 4) is 0 Å². The van der Waals surface area contributed by atoms with Crippen LogP contribution >= 0.6 is 0 Å². The van der Waals surface area contributed by atoms with E-state index in [0.717, 1.165) is 6.42 Å². The van der Waals surface area contributed by atoms with Crippen LogP contribution in [0.15, 0.2) is 18.2 Å². The Morgan fingerprint density at radius 2 is 2.22 bits per heavy atom. The molecule has 1 aliphatic heterocycles. The molecule has 0 atom stereocenters. The third kappa shape index (κ3) is 2.67. The van der Waals surface area contributed by atoms with Crippen molar-refractivity contribution in [2.45, 2.75) is 13.3 Å². The molecule has 96 valence electrons. The van der Waals surface area contributed by atoms with Crippen LogP contribution < -0.4 is 5.32 Å². The number of nitrogens with zero attached hydrogens (tertiary/aromatic N) is 1. The molecule has 5 heteroatoms. The molecule has 0 bridgehead atoms. The molecule has 4 nitrogen and oxygen atoms in total. The van der Waals surface area contributed by atoms with E-state index in [4.69, 9.17) is 0 Å². The number of amides is 2. The van der Waals surface area contributed by atoms with Gasteiger partial charge in [-0.15, -0.1) is 0 Å². The van der Waals surface area contributed by atoms with Crippen molar-refractivity contribution in [2.75, 3.05) is 19.6 Å². The molecule has 0 radical (unpaired) electrons. The lowest BCUT2D eigenvalue weighted by Gasteiger charge is -2.20. The van der Waals surface area contributed by atoms with Crippen LogP contribution in [0.3, 0.4) is 0 Å². The minimum atomic E-state index is -0.363. The smallest absolute Gasteiger partial charge is 0.254 e. The van der Waals surface area contributed by atoms with E-state index in [9.17, 15) is 14.0 Å². The van der Waals surface area contributed by atoms with E-state index in [1.165, 1.54) is 23.1 Å². The second kappa shape index (κ2) is 5.16. The van der Waals surface area contributed by atoms with E-state index >= 15 is 0 Å². The summed E-state index contributed by atoms with van der Waals surface area (Å²) in [6.07, 6.45) is 0.734. The lowest BCUT2D eigenvalue weighted by molar-refractivity contribution is -0.121. The first-order valence-corrected chi connectivity index (χ1v) is 5.90. The first-order valence-electron chi connectivity index (χ1n) is 5.90. The zero-order chi connectivity index (χ0) is 13.1. The lowest BCUT2D eigenvalue weighted by Crippen LogP contribution is -2.37. The second-order valence-corrected chi connectivity index (χ2v) is 4.39. The summed E-state index contributed by atoms with van der Waals surface area (Å²) >= 11 is 0. The van der Waals surface area contributed by atoms with Gasteiger partial charge < -0.3 is 10.2 Å². The van der Waals surface area contributed by atoms with Gasteiger partial charge in [-0.1, -0.05) is 0 Å². The quantitative estimate of drug-likeness (QED) is 0.811. The number of benzene rings is 1. The van der Waals surface area contributed by atoms with Crippen molar-refractivity contribution >= 4 is 11.8 Å². The molecule has 1 fully saturated rings. The molecule has 18 heavy (non-hydrogen) atoms. The number of hydrogen-bond donors (Lipinski definition) is 1. The van der Waals surface area contributed by atoms with Crippen molar-refractivity contribution in [2.24, 2.45) is 0 Å². The number of carbonyl (C=O) groups excluding carboxylic acids is 2. The Bertz CT molecular complexity index is 488. The summed E-state index contributed by atoms with van der Waals surface area (Å²) in [5.74, 6) is -0.733. The summed E-state index contributed by atoms with van der Waals surface area (Å²) in [5.41, 5.74) is 1.04. The Balaban J connectivity index is 2.21. The highest BCUT2D eigenvalue weighted by Crippen LogP contribution is 2.13. The van der Waals surface area contributed by atoms with E-state index in [1.54, 1.807) is 6.92 Å². The van der Waals surface area contributed by atoms with Gasteiger partial charge in [-0.25, -0.2) is 4.39 Å². The summed E-state index contributed by atoms with van der Waals surface area (Å²) in [5, 5.41) is 2.71. The number of halogens is 1. The van der Waals surface area contributed by atoms with Gasteiger partial charge >= 0.3 is 0 Å². The largest absolute Gasteiger partial charge is 0.354 e. The van der Waals surface area contributed by atoms with Crippen molar-refractivity contribution in [1.82, 2.24) is 10.2 Å². The highest BCUT2D eigenvalue weighted by Gasteiger charge is 2.22. The van der Waals surface area contributed by atoms with Crippen molar-refractivity contribution < 1.29 is 14.0 Å². The topological polar surface area (TPSA) is 49.4 Å². The standard InChI is InChI=1S/C13H15FN2O2/c1-9-7-10(14)3-4-11(9)13(18)16-6-2-5-15-12(17)8-16/h3-4,7H,2,5-6,8H2,1H3,(H,15,17). The molecule has 0 aliphatic carbocycles. The normalized spacial score (nSPS) is 16.1. The average molecular weight is 250 g/mol. The zero-order valence-corrected chi connectivity index (χ0v) is 10.2. The molecule has 1 heterocycles. The Kier molecular flexibility index (Phi) is 3.60. The van der Waals surface area contributed by atoms with Gasteiger partial charge in [0.15, 0.2) is 0 Å². The second-order valence-electron chi connectivity index (χ2n) is 4.39. The fraction of sp³-hybridized carbons (Fsp3) is 0.385. The van der Waals surface area contributed by atoms with Crippen LogP contribution in [0, 0.1) is 12.7 Å². The molecule has 0 aromatic heterocycles. The first-order chi connectivity index (χ1) is 8.58. The molecule has 1 aliphatic rings. The van der Waals surface area contributed by atoms with Gasteiger partial charge in [-0.2, -0.15) is 0 Å². The molecule has 0 spiro atoms. The fourth-order valence-corrected chi connectivity index (χ4v) is 2.02. The maximum atomic E-state index is 13.0. The fourth-order valence-electron chi connectivity index (χ4n) is 2.02. The number of carbonyl (C=O) groups is 2. The molecule has 2 amide bonds. The van der Waals surface area contributed by atoms with Crippen LogP contribution in [-0.2, 0) is 4.79 Å². The third-order valence-corrected chi connectivity index (χ3v) is 2.97. The highest BCUT2D eigenvalue weighted by atomic mass is 19.1. The SMILES string of the molecule is Cc1cc(F)ccc1C(=O)N1CCCNC(=O)C1. The van der Waals surface area contributed by atoms with Gasteiger partial charge in [0.1, 0.15) is 5.82 Å². The highest BCUT2D eigenvalue weighted by molar-refractivity contribution is 5.97. The maximum Gasteiger partial charge on any atom is 0.254 e. The van der Waals surface area contributed by atoms with Gasteiger partial charge in [-0.05, 0) is 37.1 Å². The van der Waals surface area contributed by atoms with Crippen LogP contribution in [0.5, 0.6) is 0 Å². The van der Waals surface area contributed by atoms with Crippen LogP contribution in [-0.4, -0.2) is 36.3 Å². The molecule has 0 saturated carbocycles.